The van der Waals surface area contributed by atoms with Crippen molar-refractivity contribution in [3.63, 3.8) is 0 Å². The van der Waals surface area contributed by atoms with Gasteiger partial charge in [0.1, 0.15) is 0 Å². The second-order valence-electron chi connectivity index (χ2n) is 4.10. The van der Waals surface area contributed by atoms with Gasteiger partial charge in [0.15, 0.2) is 0 Å². The zero-order valence-electron chi connectivity index (χ0n) is 9.30. The van der Waals surface area contributed by atoms with Crippen LogP contribution in [0.15, 0.2) is 54.6 Å². The van der Waals surface area contributed by atoms with Crippen LogP contribution in [-0.4, -0.2) is 11.3 Å². The van der Waals surface area contributed by atoms with Crippen molar-refractivity contribution < 1.29 is 0 Å². The quantitative estimate of drug-likeness (QED) is 0.676. The van der Waals surface area contributed by atoms with Crippen molar-refractivity contribution in [3.05, 3.63) is 54.6 Å². The zero-order chi connectivity index (χ0) is 10.7. The normalized spacial score (nSPS) is 17.5. The molecule has 0 spiro atoms. The van der Waals surface area contributed by atoms with Gasteiger partial charge in [0.05, 0.1) is 0 Å². The predicted molar refractivity (Wildman–Crippen MR) is 70.2 cm³/mol. The van der Waals surface area contributed by atoms with Gasteiger partial charge in [-0.05, 0) is 11.0 Å². The van der Waals surface area contributed by atoms with Crippen LogP contribution in [0.5, 0.6) is 0 Å². The molecule has 78 valence electrons. The van der Waals surface area contributed by atoms with Gasteiger partial charge in [0, 0.05) is 5.66 Å². The molecule has 1 aromatic rings. The lowest BCUT2D eigenvalue weighted by Crippen LogP contribution is -2.15. The molecule has 0 aromatic heterocycles. The van der Waals surface area contributed by atoms with Crippen LogP contribution in [0.4, 0.5) is 0 Å². The van der Waals surface area contributed by atoms with E-state index < -0.39 is 0 Å². The molecule has 0 saturated carbocycles. The van der Waals surface area contributed by atoms with Crippen LogP contribution in [0.1, 0.15) is 13.8 Å². The van der Waals surface area contributed by atoms with Crippen molar-refractivity contribution in [1.82, 2.24) is 0 Å². The molecule has 0 fully saturated rings. The van der Waals surface area contributed by atoms with E-state index >= 15 is 0 Å². The molecule has 0 amide bonds. The molecule has 1 aliphatic carbocycles. The maximum atomic E-state index is 2.33. The second kappa shape index (κ2) is 4.77. The summed E-state index contributed by atoms with van der Waals surface area (Å²) in [5.74, 6) is 0. The van der Waals surface area contributed by atoms with Gasteiger partial charge < -0.3 is 0 Å². The fourth-order valence-corrected chi connectivity index (χ4v) is 4.74. The molecule has 1 atom stereocenters. The third-order valence-electron chi connectivity index (χ3n) is 2.66. The maximum Gasteiger partial charge on any atom is 0.0199 e. The Kier molecular flexibility index (Phi) is 3.38. The van der Waals surface area contributed by atoms with E-state index in [1.165, 1.54) is 5.30 Å². The van der Waals surface area contributed by atoms with Crippen LogP contribution < -0.4 is 5.30 Å². The van der Waals surface area contributed by atoms with E-state index in [9.17, 15) is 0 Å². The summed E-state index contributed by atoms with van der Waals surface area (Å²) in [4.78, 5) is 0. The first kappa shape index (κ1) is 10.6. The molecule has 0 saturated heterocycles. The molecule has 0 N–H and O–H groups in total. The van der Waals surface area contributed by atoms with Gasteiger partial charge in [-0.3, -0.25) is 0 Å². The molecule has 15 heavy (non-hydrogen) atoms. The smallest absolute Gasteiger partial charge is 0.0199 e. The van der Waals surface area contributed by atoms with Crippen LogP contribution in [-0.2, 0) is 0 Å². The lowest BCUT2D eigenvalue weighted by atomic mass is 10.4. The summed E-state index contributed by atoms with van der Waals surface area (Å²) in [5, 5.41) is 1.52. The van der Waals surface area contributed by atoms with E-state index in [2.05, 4.69) is 68.5 Å². The maximum absolute atomic E-state index is 2.33. The zero-order valence-corrected chi connectivity index (χ0v) is 10.2. The Balaban J connectivity index is 2.28. The Morgan fingerprint density at radius 1 is 1.00 bits per heavy atom. The topological polar surface area (TPSA) is 0 Å². The van der Waals surface area contributed by atoms with Crippen molar-refractivity contribution in [3.8, 4) is 0 Å². The summed E-state index contributed by atoms with van der Waals surface area (Å²) in [6.07, 6.45) is 9.01. The van der Waals surface area contributed by atoms with Crippen molar-refractivity contribution in [1.29, 1.82) is 0 Å². The number of rotatable bonds is 3. The van der Waals surface area contributed by atoms with Gasteiger partial charge in [-0.1, -0.05) is 76.4 Å². The van der Waals surface area contributed by atoms with Crippen LogP contribution in [0.25, 0.3) is 0 Å². The molecular weight excluding hydrogens is 199 g/mol. The van der Waals surface area contributed by atoms with Crippen molar-refractivity contribution in [2.75, 3.05) is 0 Å². The Morgan fingerprint density at radius 3 is 2.13 bits per heavy atom. The molecule has 0 bridgehead atoms. The highest BCUT2D eigenvalue weighted by atomic mass is 31.1. The average molecular weight is 216 g/mol. The van der Waals surface area contributed by atoms with Crippen LogP contribution in [0.2, 0.25) is 0 Å². The van der Waals surface area contributed by atoms with Crippen LogP contribution in [0, 0.1) is 0 Å². The van der Waals surface area contributed by atoms with Gasteiger partial charge in [-0.15, -0.1) is 0 Å². The third-order valence-corrected chi connectivity index (χ3v) is 5.65. The van der Waals surface area contributed by atoms with Crippen molar-refractivity contribution >= 4 is 13.2 Å². The first-order chi connectivity index (χ1) is 7.29. The number of hydrogen-bond donors (Lipinski definition) is 0. The minimum atomic E-state index is -0.0895. The first-order valence-electron chi connectivity index (χ1n) is 5.47. The minimum Gasteiger partial charge on any atom is -0.0730 e. The van der Waals surface area contributed by atoms with Crippen LogP contribution in [0.3, 0.4) is 0 Å². The fraction of sp³-hybridized carbons (Fsp3) is 0.286. The molecule has 0 heterocycles. The Morgan fingerprint density at radius 2 is 1.60 bits per heavy atom. The highest BCUT2D eigenvalue weighted by Crippen LogP contribution is 2.47. The molecule has 1 aliphatic rings. The van der Waals surface area contributed by atoms with Gasteiger partial charge in [-0.2, -0.15) is 0 Å². The fourth-order valence-electron chi connectivity index (χ4n) is 2.02. The van der Waals surface area contributed by atoms with E-state index in [0.29, 0.717) is 5.66 Å². The standard InChI is InChI=1S/C14H17P/c1-12(2)15(14-10-6-7-11-14)13-8-4-3-5-9-13/h3-12,14H,1-2H3. The molecular formula is C14H17P. The number of benzene rings is 1. The summed E-state index contributed by atoms with van der Waals surface area (Å²) in [7, 11) is -0.0895. The molecule has 1 unspecified atom stereocenters. The van der Waals surface area contributed by atoms with Gasteiger partial charge in [-0.25, -0.2) is 0 Å². The Bertz CT molecular complexity index is 350. The summed E-state index contributed by atoms with van der Waals surface area (Å²) >= 11 is 0. The van der Waals surface area contributed by atoms with Gasteiger partial charge in [0.25, 0.3) is 0 Å². The summed E-state index contributed by atoms with van der Waals surface area (Å²) in [6, 6.07) is 10.9. The predicted octanol–water partition coefficient (Wildman–Crippen LogP) is 3.70. The van der Waals surface area contributed by atoms with E-state index in [-0.39, 0.29) is 7.92 Å². The van der Waals surface area contributed by atoms with E-state index in [0.717, 1.165) is 5.66 Å². The second-order valence-corrected chi connectivity index (χ2v) is 7.06. The van der Waals surface area contributed by atoms with Gasteiger partial charge >= 0.3 is 0 Å². The monoisotopic (exact) mass is 216 g/mol. The molecule has 0 nitrogen and oxygen atoms in total. The Labute approximate surface area is 93.5 Å². The molecule has 1 heteroatoms. The average Bonchev–Trinajstić information content (AvgIpc) is 2.72. The summed E-state index contributed by atoms with van der Waals surface area (Å²) < 4.78 is 0. The van der Waals surface area contributed by atoms with Gasteiger partial charge in [0.2, 0.25) is 0 Å². The molecule has 2 rings (SSSR count). The highest BCUT2D eigenvalue weighted by molar-refractivity contribution is 7.67. The first-order valence-corrected chi connectivity index (χ1v) is 6.95. The highest BCUT2D eigenvalue weighted by Gasteiger charge is 2.22. The van der Waals surface area contributed by atoms with E-state index in [4.69, 9.17) is 0 Å². The lowest BCUT2D eigenvalue weighted by Gasteiger charge is -2.26. The van der Waals surface area contributed by atoms with E-state index in [1.807, 2.05) is 0 Å². The van der Waals surface area contributed by atoms with Crippen LogP contribution >= 0.6 is 7.92 Å². The Hall–Kier alpha value is -0.870. The minimum absolute atomic E-state index is 0.0895. The largest absolute Gasteiger partial charge is 0.0730 e. The third kappa shape index (κ3) is 2.38. The molecule has 1 aromatic carbocycles. The lowest BCUT2D eigenvalue weighted by molar-refractivity contribution is 1.08. The SMILES string of the molecule is CC(C)P(c1ccccc1)C1C=CC=C1. The summed E-state index contributed by atoms with van der Waals surface area (Å²) in [6.45, 7) is 4.66. The van der Waals surface area contributed by atoms with Crippen molar-refractivity contribution in [2.45, 2.75) is 25.2 Å². The van der Waals surface area contributed by atoms with E-state index in [1.54, 1.807) is 0 Å². The molecule has 0 radical (unpaired) electrons. The number of hydrogen-bond acceptors (Lipinski definition) is 0. The molecule has 0 aliphatic heterocycles. The number of allylic oxidation sites excluding steroid dienone is 4. The summed E-state index contributed by atoms with van der Waals surface area (Å²) in [5.41, 5.74) is 1.38. The van der Waals surface area contributed by atoms with Crippen molar-refractivity contribution in [2.24, 2.45) is 0 Å².